The first-order valence-corrected chi connectivity index (χ1v) is 8.00. The van der Waals surface area contributed by atoms with E-state index in [4.69, 9.17) is 31.5 Å². The second-order valence-electron chi connectivity index (χ2n) is 5.54. The lowest BCUT2D eigenvalue weighted by Gasteiger charge is -2.34. The molecule has 1 saturated heterocycles. The summed E-state index contributed by atoms with van der Waals surface area (Å²) in [7, 11) is 1.60. The maximum atomic E-state index is 12.6. The molecule has 1 aromatic rings. The Balaban J connectivity index is 2.01. The first kappa shape index (κ1) is 18.0. The van der Waals surface area contributed by atoms with Crippen molar-refractivity contribution < 1.29 is 19.0 Å². The highest BCUT2D eigenvalue weighted by atomic mass is 35.5. The molecule has 2 rings (SSSR count). The van der Waals surface area contributed by atoms with E-state index in [1.54, 1.807) is 25.3 Å². The van der Waals surface area contributed by atoms with Crippen molar-refractivity contribution in [2.24, 2.45) is 11.1 Å². The SMILES string of the molecule is COCCOc1ccc(NC(=O)C2(CN)CCOCC2)cc1Cl. The van der Waals surface area contributed by atoms with Crippen molar-refractivity contribution in [3.63, 3.8) is 0 Å². The minimum atomic E-state index is -0.571. The van der Waals surface area contributed by atoms with Crippen LogP contribution < -0.4 is 15.8 Å². The first-order valence-electron chi connectivity index (χ1n) is 7.62. The van der Waals surface area contributed by atoms with Crippen molar-refractivity contribution in [3.8, 4) is 5.75 Å². The highest BCUT2D eigenvalue weighted by molar-refractivity contribution is 6.32. The zero-order valence-corrected chi connectivity index (χ0v) is 14.0. The number of anilines is 1. The fourth-order valence-corrected chi connectivity index (χ4v) is 2.72. The number of amides is 1. The Morgan fingerprint density at radius 1 is 1.39 bits per heavy atom. The molecule has 0 atom stereocenters. The predicted molar refractivity (Wildman–Crippen MR) is 89.0 cm³/mol. The Morgan fingerprint density at radius 3 is 2.74 bits per heavy atom. The van der Waals surface area contributed by atoms with Crippen LogP contribution in [0.2, 0.25) is 5.02 Å². The molecule has 1 aromatic carbocycles. The van der Waals surface area contributed by atoms with Gasteiger partial charge in [-0.25, -0.2) is 0 Å². The van der Waals surface area contributed by atoms with E-state index in [1.807, 2.05) is 0 Å². The maximum absolute atomic E-state index is 12.6. The summed E-state index contributed by atoms with van der Waals surface area (Å²) in [6.07, 6.45) is 1.25. The Labute approximate surface area is 141 Å². The highest BCUT2D eigenvalue weighted by Gasteiger charge is 2.38. The number of hydrogen-bond donors (Lipinski definition) is 2. The number of ether oxygens (including phenoxy) is 3. The normalized spacial score (nSPS) is 16.8. The molecule has 0 spiro atoms. The second kappa shape index (κ2) is 8.49. The van der Waals surface area contributed by atoms with Gasteiger partial charge in [-0.15, -0.1) is 0 Å². The molecular weight excluding hydrogens is 320 g/mol. The molecule has 1 fully saturated rings. The average molecular weight is 343 g/mol. The molecule has 0 aromatic heterocycles. The minimum absolute atomic E-state index is 0.0904. The van der Waals surface area contributed by atoms with Gasteiger partial charge < -0.3 is 25.3 Å². The summed E-state index contributed by atoms with van der Waals surface area (Å²) in [5.41, 5.74) is 5.89. The summed E-state index contributed by atoms with van der Waals surface area (Å²) >= 11 is 6.18. The molecule has 6 nitrogen and oxygen atoms in total. The van der Waals surface area contributed by atoms with E-state index in [9.17, 15) is 4.79 Å². The predicted octanol–water partition coefficient (Wildman–Crippen LogP) is 2.06. The summed E-state index contributed by atoms with van der Waals surface area (Å²) in [6.45, 7) is 2.30. The molecular formula is C16H23ClN2O4. The highest BCUT2D eigenvalue weighted by Crippen LogP contribution is 2.32. The van der Waals surface area contributed by atoms with Crippen molar-refractivity contribution >= 4 is 23.2 Å². The molecule has 128 valence electrons. The van der Waals surface area contributed by atoms with E-state index in [2.05, 4.69) is 5.32 Å². The Hall–Kier alpha value is -1.34. The summed E-state index contributed by atoms with van der Waals surface area (Å²) < 4.78 is 15.7. The van der Waals surface area contributed by atoms with Crippen molar-refractivity contribution in [3.05, 3.63) is 23.2 Å². The number of hydrogen-bond acceptors (Lipinski definition) is 5. The molecule has 0 saturated carbocycles. The van der Waals surface area contributed by atoms with Gasteiger partial charge in [0.05, 0.1) is 17.0 Å². The Morgan fingerprint density at radius 2 is 2.13 bits per heavy atom. The van der Waals surface area contributed by atoms with Crippen LogP contribution >= 0.6 is 11.6 Å². The number of carbonyl (C=O) groups excluding carboxylic acids is 1. The lowest BCUT2D eigenvalue weighted by Crippen LogP contribution is -2.46. The number of methoxy groups -OCH3 is 1. The molecule has 7 heteroatoms. The molecule has 1 amide bonds. The Kier molecular flexibility index (Phi) is 6.65. The standard InChI is InChI=1S/C16H23ClN2O4/c1-21-8-9-23-14-3-2-12(10-13(14)17)19-15(20)16(11-18)4-6-22-7-5-16/h2-3,10H,4-9,11,18H2,1H3,(H,19,20). The molecule has 1 heterocycles. The van der Waals surface area contributed by atoms with Crippen LogP contribution in [0.4, 0.5) is 5.69 Å². The van der Waals surface area contributed by atoms with Crippen molar-refractivity contribution in [1.82, 2.24) is 0 Å². The van der Waals surface area contributed by atoms with Crippen LogP contribution in [0.25, 0.3) is 0 Å². The van der Waals surface area contributed by atoms with Crippen molar-refractivity contribution in [1.29, 1.82) is 0 Å². The number of benzene rings is 1. The summed E-state index contributed by atoms with van der Waals surface area (Å²) in [6, 6.07) is 5.16. The van der Waals surface area contributed by atoms with Crippen molar-refractivity contribution in [2.45, 2.75) is 12.8 Å². The minimum Gasteiger partial charge on any atom is -0.490 e. The number of carbonyl (C=O) groups is 1. The van der Waals surface area contributed by atoms with Gasteiger partial charge in [-0.2, -0.15) is 0 Å². The number of nitrogens with two attached hydrogens (primary N) is 1. The summed E-state index contributed by atoms with van der Waals surface area (Å²) in [5, 5.41) is 3.34. The van der Waals surface area contributed by atoms with Crippen LogP contribution in [0, 0.1) is 5.41 Å². The number of nitrogens with one attached hydrogen (secondary N) is 1. The lowest BCUT2D eigenvalue weighted by molar-refractivity contribution is -0.130. The third-order valence-corrected chi connectivity index (χ3v) is 4.35. The van der Waals surface area contributed by atoms with Gasteiger partial charge in [0.2, 0.25) is 5.91 Å². The summed E-state index contributed by atoms with van der Waals surface area (Å²) in [4.78, 5) is 12.6. The molecule has 0 bridgehead atoms. The van der Waals surface area contributed by atoms with Crippen LogP contribution in [0.5, 0.6) is 5.75 Å². The van der Waals surface area contributed by atoms with E-state index in [-0.39, 0.29) is 5.91 Å². The van der Waals surface area contributed by atoms with Gasteiger partial charge in [0.15, 0.2) is 0 Å². The first-order chi connectivity index (χ1) is 11.1. The van der Waals surface area contributed by atoms with E-state index >= 15 is 0 Å². The molecule has 0 radical (unpaired) electrons. The van der Waals surface area contributed by atoms with Gasteiger partial charge in [-0.3, -0.25) is 4.79 Å². The smallest absolute Gasteiger partial charge is 0.232 e. The van der Waals surface area contributed by atoms with Gasteiger partial charge in [-0.05, 0) is 31.0 Å². The molecule has 0 unspecified atom stereocenters. The zero-order chi connectivity index (χ0) is 16.7. The van der Waals surface area contributed by atoms with Gasteiger partial charge in [0, 0.05) is 32.6 Å². The largest absolute Gasteiger partial charge is 0.490 e. The monoisotopic (exact) mass is 342 g/mol. The summed E-state index contributed by atoms with van der Waals surface area (Å²) in [5.74, 6) is 0.466. The van der Waals surface area contributed by atoms with Gasteiger partial charge >= 0.3 is 0 Å². The van der Waals surface area contributed by atoms with E-state index < -0.39 is 5.41 Å². The third-order valence-electron chi connectivity index (χ3n) is 4.06. The third kappa shape index (κ3) is 4.57. The lowest BCUT2D eigenvalue weighted by atomic mass is 9.79. The van der Waals surface area contributed by atoms with Gasteiger partial charge in [-0.1, -0.05) is 11.6 Å². The van der Waals surface area contributed by atoms with Gasteiger partial charge in [0.1, 0.15) is 12.4 Å². The topological polar surface area (TPSA) is 82.8 Å². The van der Waals surface area contributed by atoms with Gasteiger partial charge in [0.25, 0.3) is 0 Å². The van der Waals surface area contributed by atoms with Crippen LogP contribution in [0.3, 0.4) is 0 Å². The second-order valence-corrected chi connectivity index (χ2v) is 5.94. The molecule has 1 aliphatic heterocycles. The van der Waals surface area contributed by atoms with E-state index in [0.717, 1.165) is 0 Å². The van der Waals surface area contributed by atoms with Crippen LogP contribution in [0.15, 0.2) is 18.2 Å². The number of halogens is 1. The Bertz CT molecular complexity index is 533. The van der Waals surface area contributed by atoms with Crippen LogP contribution in [-0.2, 0) is 14.3 Å². The quantitative estimate of drug-likeness (QED) is 0.741. The van der Waals surface area contributed by atoms with Crippen LogP contribution in [-0.4, -0.2) is 46.0 Å². The van der Waals surface area contributed by atoms with E-state index in [1.165, 1.54) is 0 Å². The molecule has 0 aliphatic carbocycles. The van der Waals surface area contributed by atoms with Crippen LogP contribution in [0.1, 0.15) is 12.8 Å². The molecule has 3 N–H and O–H groups in total. The zero-order valence-electron chi connectivity index (χ0n) is 13.3. The van der Waals surface area contributed by atoms with Crippen molar-refractivity contribution in [2.75, 3.05) is 45.4 Å². The number of rotatable bonds is 7. The molecule has 23 heavy (non-hydrogen) atoms. The fraction of sp³-hybridized carbons (Fsp3) is 0.562. The average Bonchev–Trinajstić information content (AvgIpc) is 2.57. The maximum Gasteiger partial charge on any atom is 0.232 e. The van der Waals surface area contributed by atoms with E-state index in [0.29, 0.717) is 62.3 Å². The molecule has 1 aliphatic rings. The fourth-order valence-electron chi connectivity index (χ4n) is 2.48.